The highest BCUT2D eigenvalue weighted by Gasteiger charge is 2.37. The average molecular weight is 318 g/mol. The zero-order chi connectivity index (χ0) is 15.7. The lowest BCUT2D eigenvalue weighted by Gasteiger charge is -2.22. The van der Waals surface area contributed by atoms with Crippen LogP contribution in [0.5, 0.6) is 5.75 Å². The fourth-order valence-corrected chi connectivity index (χ4v) is 4.47. The molecule has 0 fully saturated rings. The number of hydrogen-bond acceptors (Lipinski definition) is 4. The maximum Gasteiger partial charge on any atom is 0.249 e. The summed E-state index contributed by atoms with van der Waals surface area (Å²) in [6, 6.07) is 9.19. The van der Waals surface area contributed by atoms with Crippen LogP contribution in [0.15, 0.2) is 47.6 Å². The van der Waals surface area contributed by atoms with Gasteiger partial charge in [-0.25, -0.2) is 8.42 Å². The van der Waals surface area contributed by atoms with Crippen molar-refractivity contribution in [2.24, 2.45) is 0 Å². The summed E-state index contributed by atoms with van der Waals surface area (Å²) in [5, 5.41) is 0. The van der Waals surface area contributed by atoms with Crippen molar-refractivity contribution >= 4 is 10.0 Å². The Hall–Kier alpha value is -1.92. The molecule has 2 aromatic rings. The molecule has 0 aliphatic carbocycles. The van der Waals surface area contributed by atoms with Gasteiger partial charge in [-0.1, -0.05) is 24.3 Å². The lowest BCUT2D eigenvalue weighted by molar-refractivity contribution is 0.325. The Kier molecular flexibility index (Phi) is 3.88. The summed E-state index contributed by atoms with van der Waals surface area (Å²) in [4.78, 5) is 4.08. The van der Waals surface area contributed by atoms with E-state index in [9.17, 15) is 8.42 Å². The fourth-order valence-electron chi connectivity index (χ4n) is 2.80. The molecule has 6 heteroatoms. The van der Waals surface area contributed by atoms with Crippen LogP contribution < -0.4 is 4.74 Å². The SMILES string of the molecule is CCOc1ccncc1S(=O)(=O)N1Cc2ccccc2C1C. The summed E-state index contributed by atoms with van der Waals surface area (Å²) < 4.78 is 33.0. The largest absolute Gasteiger partial charge is 0.492 e. The molecule has 1 aromatic heterocycles. The highest BCUT2D eigenvalue weighted by Crippen LogP contribution is 2.39. The van der Waals surface area contributed by atoms with E-state index in [1.807, 2.05) is 38.1 Å². The Morgan fingerprint density at radius 3 is 2.82 bits per heavy atom. The second-order valence-corrected chi connectivity index (χ2v) is 7.04. The Labute approximate surface area is 130 Å². The average Bonchev–Trinajstić information content (AvgIpc) is 2.86. The van der Waals surface area contributed by atoms with Gasteiger partial charge in [0.05, 0.1) is 12.8 Å². The number of ether oxygens (including phenoxy) is 1. The van der Waals surface area contributed by atoms with Crippen LogP contribution in [0.1, 0.15) is 31.0 Å². The van der Waals surface area contributed by atoms with E-state index in [1.165, 1.54) is 16.7 Å². The minimum Gasteiger partial charge on any atom is -0.492 e. The molecule has 0 spiro atoms. The molecule has 3 rings (SSSR count). The normalized spacial score (nSPS) is 18.2. The molecular formula is C16H18N2O3S. The Bertz CT molecular complexity index is 789. The van der Waals surface area contributed by atoms with Crippen molar-refractivity contribution in [2.75, 3.05) is 6.61 Å². The summed E-state index contributed by atoms with van der Waals surface area (Å²) >= 11 is 0. The number of fused-ring (bicyclic) bond motifs is 1. The fraction of sp³-hybridized carbons (Fsp3) is 0.312. The van der Waals surface area contributed by atoms with E-state index in [0.29, 0.717) is 18.9 Å². The van der Waals surface area contributed by atoms with Gasteiger partial charge in [0.25, 0.3) is 0 Å². The first kappa shape index (κ1) is 15.0. The summed E-state index contributed by atoms with van der Waals surface area (Å²) in [6.45, 7) is 4.51. The molecule has 0 saturated heterocycles. The van der Waals surface area contributed by atoms with E-state index < -0.39 is 10.0 Å². The first-order valence-electron chi connectivity index (χ1n) is 7.22. The van der Waals surface area contributed by atoms with Crippen molar-refractivity contribution in [3.8, 4) is 5.75 Å². The van der Waals surface area contributed by atoms with Crippen LogP contribution in [0.4, 0.5) is 0 Å². The summed E-state index contributed by atoms with van der Waals surface area (Å²) in [5.74, 6) is 0.348. The zero-order valence-electron chi connectivity index (χ0n) is 12.6. The highest BCUT2D eigenvalue weighted by molar-refractivity contribution is 7.89. The molecule has 1 aliphatic rings. The molecule has 0 saturated carbocycles. The van der Waals surface area contributed by atoms with Gasteiger partial charge in [0, 0.05) is 18.8 Å². The smallest absolute Gasteiger partial charge is 0.249 e. The summed E-state index contributed by atoms with van der Waals surface area (Å²) in [7, 11) is -3.66. The third-order valence-corrected chi connectivity index (χ3v) is 5.82. The lowest BCUT2D eigenvalue weighted by atomic mass is 10.1. The number of hydrogen-bond donors (Lipinski definition) is 0. The molecule has 0 bridgehead atoms. The third-order valence-electron chi connectivity index (χ3n) is 3.90. The number of sulfonamides is 1. The molecule has 5 nitrogen and oxygen atoms in total. The van der Waals surface area contributed by atoms with Crippen LogP contribution in [0.25, 0.3) is 0 Å². The monoisotopic (exact) mass is 318 g/mol. The van der Waals surface area contributed by atoms with Gasteiger partial charge in [-0.3, -0.25) is 4.98 Å². The van der Waals surface area contributed by atoms with Crippen LogP contribution in [-0.2, 0) is 16.6 Å². The second kappa shape index (κ2) is 5.70. The minimum absolute atomic E-state index is 0.122. The molecule has 0 amide bonds. The van der Waals surface area contributed by atoms with Gasteiger partial charge < -0.3 is 4.74 Å². The molecular weight excluding hydrogens is 300 g/mol. The topological polar surface area (TPSA) is 59.5 Å². The minimum atomic E-state index is -3.66. The van der Waals surface area contributed by atoms with Crippen LogP contribution in [0.2, 0.25) is 0 Å². The van der Waals surface area contributed by atoms with Crippen molar-refractivity contribution in [3.05, 3.63) is 53.9 Å². The zero-order valence-corrected chi connectivity index (χ0v) is 13.4. The first-order valence-corrected chi connectivity index (χ1v) is 8.66. The molecule has 1 aromatic carbocycles. The summed E-state index contributed by atoms with van der Waals surface area (Å²) in [5.41, 5.74) is 2.09. The predicted octanol–water partition coefficient (Wildman–Crippen LogP) is 2.75. The maximum atomic E-state index is 13.0. The van der Waals surface area contributed by atoms with E-state index in [4.69, 9.17) is 4.74 Å². The molecule has 116 valence electrons. The summed E-state index contributed by atoms with van der Waals surface area (Å²) in [6.07, 6.45) is 2.89. The van der Waals surface area contributed by atoms with Gasteiger partial charge in [0.2, 0.25) is 10.0 Å². The van der Waals surface area contributed by atoms with Crippen molar-refractivity contribution < 1.29 is 13.2 Å². The van der Waals surface area contributed by atoms with Gasteiger partial charge in [0.1, 0.15) is 10.6 Å². The van der Waals surface area contributed by atoms with Gasteiger partial charge in [-0.05, 0) is 31.0 Å². The molecule has 0 radical (unpaired) electrons. The van der Waals surface area contributed by atoms with Crippen LogP contribution >= 0.6 is 0 Å². The standard InChI is InChI=1S/C16H18N2O3S/c1-3-21-15-8-9-17-10-16(15)22(19,20)18-11-13-6-4-5-7-14(13)12(18)2/h4-10,12H,3,11H2,1-2H3. The van der Waals surface area contributed by atoms with Gasteiger partial charge in [-0.2, -0.15) is 4.31 Å². The van der Waals surface area contributed by atoms with Crippen LogP contribution in [0.3, 0.4) is 0 Å². The molecule has 1 atom stereocenters. The Balaban J connectivity index is 2.02. The number of nitrogens with zero attached hydrogens (tertiary/aromatic N) is 2. The first-order chi connectivity index (χ1) is 10.6. The van der Waals surface area contributed by atoms with Crippen LogP contribution in [-0.4, -0.2) is 24.3 Å². The van der Waals surface area contributed by atoms with Gasteiger partial charge >= 0.3 is 0 Å². The quantitative estimate of drug-likeness (QED) is 0.870. The number of pyridine rings is 1. The Morgan fingerprint density at radius 1 is 1.32 bits per heavy atom. The number of benzene rings is 1. The second-order valence-electron chi connectivity index (χ2n) is 5.18. The lowest BCUT2D eigenvalue weighted by Crippen LogP contribution is -2.29. The van der Waals surface area contributed by atoms with E-state index in [2.05, 4.69) is 4.98 Å². The molecule has 1 aliphatic heterocycles. The predicted molar refractivity (Wildman–Crippen MR) is 83.0 cm³/mol. The highest BCUT2D eigenvalue weighted by atomic mass is 32.2. The van der Waals surface area contributed by atoms with E-state index in [0.717, 1.165) is 11.1 Å². The van der Waals surface area contributed by atoms with E-state index in [1.54, 1.807) is 6.07 Å². The maximum absolute atomic E-state index is 13.0. The number of rotatable bonds is 4. The van der Waals surface area contributed by atoms with E-state index >= 15 is 0 Å². The molecule has 1 unspecified atom stereocenters. The third kappa shape index (κ3) is 2.38. The van der Waals surface area contributed by atoms with E-state index in [-0.39, 0.29) is 10.9 Å². The van der Waals surface area contributed by atoms with Crippen molar-refractivity contribution in [1.29, 1.82) is 0 Å². The van der Waals surface area contributed by atoms with Crippen LogP contribution in [0, 0.1) is 0 Å². The van der Waals surface area contributed by atoms with Crippen molar-refractivity contribution in [2.45, 2.75) is 31.3 Å². The molecule has 2 heterocycles. The number of aromatic nitrogens is 1. The Morgan fingerprint density at radius 2 is 2.09 bits per heavy atom. The van der Waals surface area contributed by atoms with Crippen molar-refractivity contribution in [1.82, 2.24) is 9.29 Å². The van der Waals surface area contributed by atoms with Gasteiger partial charge in [-0.15, -0.1) is 0 Å². The molecule has 22 heavy (non-hydrogen) atoms. The van der Waals surface area contributed by atoms with Crippen molar-refractivity contribution in [3.63, 3.8) is 0 Å². The van der Waals surface area contributed by atoms with Gasteiger partial charge in [0.15, 0.2) is 0 Å². The molecule has 0 N–H and O–H groups in total.